The Balaban J connectivity index is 1.92. The monoisotopic (exact) mass is 345 g/mol. The number of aromatic nitrogens is 1. The number of nitrogens with one attached hydrogen (secondary N) is 1. The van der Waals surface area contributed by atoms with Gasteiger partial charge in [-0.05, 0) is 48.9 Å². The predicted molar refractivity (Wildman–Crippen MR) is 87.9 cm³/mol. The van der Waals surface area contributed by atoms with Gasteiger partial charge >= 0.3 is 6.18 Å². The van der Waals surface area contributed by atoms with Crippen LogP contribution < -0.4 is 4.74 Å². The van der Waals surface area contributed by atoms with E-state index >= 15 is 0 Å². The van der Waals surface area contributed by atoms with Gasteiger partial charge in [0.05, 0.1) is 17.9 Å². The number of halogens is 3. The molecule has 0 saturated carbocycles. The Hall–Kier alpha value is -2.76. The van der Waals surface area contributed by atoms with Gasteiger partial charge in [-0.15, -0.1) is 0 Å². The summed E-state index contributed by atoms with van der Waals surface area (Å²) in [5.74, 6) is 0.482. The summed E-state index contributed by atoms with van der Waals surface area (Å²) in [6, 6.07) is 8.79. The van der Waals surface area contributed by atoms with E-state index in [0.717, 1.165) is 12.1 Å². The number of carbonyl (C=O) groups excluding carboxylic acids is 1. The second-order valence-corrected chi connectivity index (χ2v) is 5.98. The van der Waals surface area contributed by atoms with Crippen molar-refractivity contribution in [2.24, 2.45) is 0 Å². The van der Waals surface area contributed by atoms with Gasteiger partial charge in [0.15, 0.2) is 5.78 Å². The number of H-pyrrole nitrogens is 1. The van der Waals surface area contributed by atoms with Gasteiger partial charge < -0.3 is 9.72 Å². The predicted octanol–water partition coefficient (Wildman–Crippen LogP) is 4.99. The Kier molecular flexibility index (Phi) is 3.39. The third kappa shape index (κ3) is 2.49. The Labute approximate surface area is 141 Å². The molecule has 1 aromatic heterocycles. The average molecular weight is 345 g/mol. The first-order chi connectivity index (χ1) is 11.9. The van der Waals surface area contributed by atoms with Crippen molar-refractivity contribution in [3.05, 3.63) is 53.1 Å². The number of rotatable bonds is 2. The highest BCUT2D eigenvalue weighted by Crippen LogP contribution is 2.40. The third-order valence-electron chi connectivity index (χ3n) is 4.44. The number of alkyl halides is 3. The number of ketones is 1. The van der Waals surface area contributed by atoms with Crippen LogP contribution in [0.25, 0.3) is 22.2 Å². The number of benzene rings is 2. The number of hydrogen-bond acceptors (Lipinski definition) is 2. The first-order valence-electron chi connectivity index (χ1n) is 7.90. The number of hydrogen-bond donors (Lipinski definition) is 1. The second-order valence-electron chi connectivity index (χ2n) is 5.98. The third-order valence-corrected chi connectivity index (χ3v) is 4.44. The van der Waals surface area contributed by atoms with E-state index in [9.17, 15) is 18.0 Å². The summed E-state index contributed by atoms with van der Waals surface area (Å²) in [6.07, 6.45) is -4.35. The van der Waals surface area contributed by atoms with Crippen LogP contribution in [0.2, 0.25) is 0 Å². The molecular formula is C19H14F3NO2. The maximum Gasteiger partial charge on any atom is 0.416 e. The minimum absolute atomic E-state index is 0.0687. The van der Waals surface area contributed by atoms with Crippen LogP contribution in [0.15, 0.2) is 36.4 Å². The van der Waals surface area contributed by atoms with Crippen LogP contribution in [0.1, 0.15) is 28.4 Å². The fourth-order valence-corrected chi connectivity index (χ4v) is 3.32. The maximum atomic E-state index is 13.0. The van der Waals surface area contributed by atoms with Crippen molar-refractivity contribution in [2.45, 2.75) is 19.5 Å². The van der Waals surface area contributed by atoms with Crippen LogP contribution in [0.5, 0.6) is 5.75 Å². The van der Waals surface area contributed by atoms with E-state index in [0.29, 0.717) is 45.6 Å². The molecule has 25 heavy (non-hydrogen) atoms. The van der Waals surface area contributed by atoms with Crippen LogP contribution in [0, 0.1) is 0 Å². The van der Waals surface area contributed by atoms with Gasteiger partial charge in [-0.25, -0.2) is 0 Å². The summed E-state index contributed by atoms with van der Waals surface area (Å²) in [6.45, 7) is 2.35. The van der Waals surface area contributed by atoms with Gasteiger partial charge in [0.25, 0.3) is 0 Å². The second kappa shape index (κ2) is 5.37. The molecule has 6 heteroatoms. The summed E-state index contributed by atoms with van der Waals surface area (Å²) in [4.78, 5) is 15.7. The van der Waals surface area contributed by atoms with Crippen molar-refractivity contribution in [3.8, 4) is 17.0 Å². The molecule has 1 aliphatic rings. The van der Waals surface area contributed by atoms with Crippen molar-refractivity contribution < 1.29 is 22.7 Å². The van der Waals surface area contributed by atoms with Gasteiger partial charge in [-0.2, -0.15) is 13.2 Å². The zero-order valence-electron chi connectivity index (χ0n) is 13.3. The maximum absolute atomic E-state index is 13.0. The Bertz CT molecular complexity index is 1000. The molecule has 0 saturated heterocycles. The quantitative estimate of drug-likeness (QED) is 0.711. The molecule has 0 bridgehead atoms. The van der Waals surface area contributed by atoms with Gasteiger partial charge in [0.1, 0.15) is 5.75 Å². The van der Waals surface area contributed by atoms with E-state index in [1.54, 1.807) is 18.2 Å². The fraction of sp³-hybridized carbons (Fsp3) is 0.211. The van der Waals surface area contributed by atoms with Gasteiger partial charge in [-0.1, -0.05) is 0 Å². The summed E-state index contributed by atoms with van der Waals surface area (Å²) >= 11 is 0. The smallest absolute Gasteiger partial charge is 0.416 e. The molecule has 128 valence electrons. The molecule has 1 aliphatic carbocycles. The van der Waals surface area contributed by atoms with Gasteiger partial charge in [-0.3, -0.25) is 4.79 Å². The van der Waals surface area contributed by atoms with Crippen LogP contribution >= 0.6 is 0 Å². The Morgan fingerprint density at radius 3 is 2.64 bits per heavy atom. The molecule has 3 aromatic rings. The fourth-order valence-electron chi connectivity index (χ4n) is 3.32. The standard InChI is InChI=1S/C19H14F3NO2/c1-2-25-11-4-5-12-14(8-11)17(24)9-15-13-7-10(19(20,21)22)3-6-16(13)23-18(12)15/h3-8,23H,2,9H2,1H3. The SMILES string of the molecule is CCOc1ccc2c(c1)C(=O)Cc1c-2[nH]c2ccc(C(F)(F)F)cc12. The van der Waals surface area contributed by atoms with Crippen molar-refractivity contribution in [3.63, 3.8) is 0 Å². The van der Waals surface area contributed by atoms with E-state index < -0.39 is 11.7 Å². The van der Waals surface area contributed by atoms with Crippen LogP contribution in [-0.2, 0) is 12.6 Å². The molecule has 4 rings (SSSR count). The molecule has 1 N–H and O–H groups in total. The van der Waals surface area contributed by atoms with E-state index in [2.05, 4.69) is 4.98 Å². The summed E-state index contributed by atoms with van der Waals surface area (Å²) in [5.41, 5.74) is 2.41. The summed E-state index contributed by atoms with van der Waals surface area (Å²) in [7, 11) is 0. The highest BCUT2D eigenvalue weighted by Gasteiger charge is 2.32. The topological polar surface area (TPSA) is 42.1 Å². The molecule has 0 fully saturated rings. The number of ether oxygens (including phenoxy) is 1. The molecule has 0 radical (unpaired) electrons. The first-order valence-corrected chi connectivity index (χ1v) is 7.90. The Morgan fingerprint density at radius 2 is 1.92 bits per heavy atom. The Morgan fingerprint density at radius 1 is 1.12 bits per heavy atom. The molecule has 2 aromatic carbocycles. The lowest BCUT2D eigenvalue weighted by molar-refractivity contribution is -0.137. The molecule has 0 spiro atoms. The summed E-state index contributed by atoms with van der Waals surface area (Å²) < 4.78 is 44.4. The van der Waals surface area contributed by atoms with Gasteiger partial charge in [0.2, 0.25) is 0 Å². The lowest BCUT2D eigenvalue weighted by Gasteiger charge is -2.17. The van der Waals surface area contributed by atoms with Crippen molar-refractivity contribution in [1.29, 1.82) is 0 Å². The zero-order chi connectivity index (χ0) is 17.8. The van der Waals surface area contributed by atoms with E-state index in [1.807, 2.05) is 6.92 Å². The highest BCUT2D eigenvalue weighted by atomic mass is 19.4. The zero-order valence-corrected chi connectivity index (χ0v) is 13.3. The van der Waals surface area contributed by atoms with E-state index in [1.165, 1.54) is 6.07 Å². The van der Waals surface area contributed by atoms with Crippen molar-refractivity contribution >= 4 is 16.7 Å². The van der Waals surface area contributed by atoms with E-state index in [-0.39, 0.29) is 12.2 Å². The molecule has 3 nitrogen and oxygen atoms in total. The highest BCUT2D eigenvalue weighted by molar-refractivity contribution is 6.11. The lowest BCUT2D eigenvalue weighted by atomic mass is 9.87. The van der Waals surface area contributed by atoms with E-state index in [4.69, 9.17) is 4.74 Å². The first kappa shape index (κ1) is 15.7. The number of carbonyl (C=O) groups is 1. The summed E-state index contributed by atoms with van der Waals surface area (Å²) in [5, 5.41) is 0.442. The number of fused-ring (bicyclic) bond motifs is 5. The number of aromatic amines is 1. The molecule has 0 amide bonds. The van der Waals surface area contributed by atoms with Crippen LogP contribution in [-0.4, -0.2) is 17.4 Å². The molecule has 0 unspecified atom stereocenters. The van der Waals surface area contributed by atoms with Gasteiger partial charge in [0, 0.05) is 28.5 Å². The molecular weight excluding hydrogens is 331 g/mol. The minimum atomic E-state index is -4.42. The molecule has 0 aliphatic heterocycles. The lowest BCUT2D eigenvalue weighted by Crippen LogP contribution is -2.12. The van der Waals surface area contributed by atoms with Crippen LogP contribution in [0.3, 0.4) is 0 Å². The molecule has 1 heterocycles. The van der Waals surface area contributed by atoms with Crippen molar-refractivity contribution in [2.75, 3.05) is 6.61 Å². The average Bonchev–Trinajstić information content (AvgIpc) is 2.92. The normalized spacial score (nSPS) is 13.7. The number of Topliss-reactive ketones (excluding diaryl/α,β-unsaturated/α-hetero) is 1. The van der Waals surface area contributed by atoms with Crippen molar-refractivity contribution in [1.82, 2.24) is 4.98 Å². The molecule has 0 atom stereocenters. The van der Waals surface area contributed by atoms with Crippen LogP contribution in [0.4, 0.5) is 13.2 Å². The minimum Gasteiger partial charge on any atom is -0.494 e. The largest absolute Gasteiger partial charge is 0.494 e.